The van der Waals surface area contributed by atoms with E-state index in [0.29, 0.717) is 18.8 Å². The third-order valence-corrected chi connectivity index (χ3v) is 5.99. The fourth-order valence-corrected chi connectivity index (χ4v) is 4.46. The lowest BCUT2D eigenvalue weighted by Crippen LogP contribution is -2.37. The van der Waals surface area contributed by atoms with Crippen LogP contribution in [-0.2, 0) is 4.79 Å². The molecule has 0 aliphatic carbocycles. The van der Waals surface area contributed by atoms with E-state index in [0.717, 1.165) is 41.8 Å². The number of aromatic nitrogens is 3. The number of hydrogen-bond acceptors (Lipinski definition) is 5. The number of nitrogens with zero attached hydrogens (tertiary/aromatic N) is 5. The van der Waals surface area contributed by atoms with Crippen LogP contribution in [0.1, 0.15) is 18.2 Å². The summed E-state index contributed by atoms with van der Waals surface area (Å²) < 4.78 is 1.73. The molecule has 1 saturated heterocycles. The number of benzene rings is 2. The first-order chi connectivity index (χ1) is 15.7. The Hall–Kier alpha value is -3.71. The molecule has 1 fully saturated rings. The Morgan fingerprint density at radius 2 is 1.75 bits per heavy atom. The molecule has 1 atom stereocenters. The second kappa shape index (κ2) is 8.80. The quantitative estimate of drug-likeness (QED) is 0.523. The molecule has 1 unspecified atom stereocenters. The Labute approximate surface area is 186 Å². The van der Waals surface area contributed by atoms with Crippen LogP contribution in [0.15, 0.2) is 79.1 Å². The second-order valence-electron chi connectivity index (χ2n) is 7.99. The average Bonchev–Trinajstić information content (AvgIpc) is 3.18. The van der Waals surface area contributed by atoms with Gasteiger partial charge in [0.1, 0.15) is 0 Å². The summed E-state index contributed by atoms with van der Waals surface area (Å²) in [5.74, 6) is -0.872. The first-order valence-corrected chi connectivity index (χ1v) is 10.9. The highest BCUT2D eigenvalue weighted by atomic mass is 16.4. The molecule has 7 heteroatoms. The van der Waals surface area contributed by atoms with Crippen molar-refractivity contribution in [2.75, 3.05) is 31.1 Å². The maximum atomic E-state index is 12.3. The van der Waals surface area contributed by atoms with Gasteiger partial charge < -0.3 is 10.0 Å². The SMILES string of the molecule is O=C(O)C(c1ccn(-c2ccccc2)n1)N1CCCN(c2cccc3cccnc23)CC1. The number of carbonyl (C=O) groups is 1. The fourth-order valence-electron chi connectivity index (χ4n) is 4.46. The lowest BCUT2D eigenvalue weighted by atomic mass is 10.1. The molecule has 0 amide bonds. The number of pyridine rings is 1. The first-order valence-electron chi connectivity index (χ1n) is 10.9. The molecule has 1 N–H and O–H groups in total. The number of rotatable bonds is 5. The van der Waals surface area contributed by atoms with Crippen molar-refractivity contribution < 1.29 is 9.90 Å². The monoisotopic (exact) mass is 427 g/mol. The predicted octanol–water partition coefficient (Wildman–Crippen LogP) is 3.76. The summed E-state index contributed by atoms with van der Waals surface area (Å²) >= 11 is 0. The van der Waals surface area contributed by atoms with Crippen LogP contribution in [0.5, 0.6) is 0 Å². The van der Waals surface area contributed by atoms with Gasteiger partial charge in [0.2, 0.25) is 0 Å². The molecule has 4 aromatic rings. The van der Waals surface area contributed by atoms with Crippen LogP contribution in [0.2, 0.25) is 0 Å². The van der Waals surface area contributed by atoms with Gasteiger partial charge in [-0.25, -0.2) is 4.68 Å². The normalized spacial score (nSPS) is 16.1. The summed E-state index contributed by atoms with van der Waals surface area (Å²) in [5, 5.41) is 15.8. The largest absolute Gasteiger partial charge is 0.480 e. The molecule has 5 rings (SSSR count). The van der Waals surface area contributed by atoms with E-state index < -0.39 is 12.0 Å². The minimum absolute atomic E-state index is 0.557. The Morgan fingerprint density at radius 1 is 0.906 bits per heavy atom. The highest BCUT2D eigenvalue weighted by Crippen LogP contribution is 2.28. The second-order valence-corrected chi connectivity index (χ2v) is 7.99. The third kappa shape index (κ3) is 3.94. The van der Waals surface area contributed by atoms with Crippen LogP contribution in [0.4, 0.5) is 5.69 Å². The zero-order valence-electron chi connectivity index (χ0n) is 17.7. The summed E-state index contributed by atoms with van der Waals surface area (Å²) in [6, 6.07) is 21.0. The van der Waals surface area contributed by atoms with Gasteiger partial charge in [-0.3, -0.25) is 14.7 Å². The molecule has 162 valence electrons. The topological polar surface area (TPSA) is 74.5 Å². The predicted molar refractivity (Wildman–Crippen MR) is 124 cm³/mol. The van der Waals surface area contributed by atoms with Crippen LogP contribution < -0.4 is 4.90 Å². The lowest BCUT2D eigenvalue weighted by Gasteiger charge is -2.27. The number of para-hydroxylation sites is 2. The van der Waals surface area contributed by atoms with Crippen molar-refractivity contribution in [2.24, 2.45) is 0 Å². The van der Waals surface area contributed by atoms with Gasteiger partial charge >= 0.3 is 5.97 Å². The van der Waals surface area contributed by atoms with Crippen LogP contribution in [0.25, 0.3) is 16.6 Å². The molecule has 2 aromatic heterocycles. The van der Waals surface area contributed by atoms with Gasteiger partial charge in [-0.15, -0.1) is 0 Å². The number of anilines is 1. The van der Waals surface area contributed by atoms with E-state index in [-0.39, 0.29) is 0 Å². The van der Waals surface area contributed by atoms with Gasteiger partial charge in [-0.05, 0) is 36.8 Å². The van der Waals surface area contributed by atoms with Gasteiger partial charge in [-0.2, -0.15) is 5.10 Å². The van der Waals surface area contributed by atoms with E-state index >= 15 is 0 Å². The average molecular weight is 428 g/mol. The van der Waals surface area contributed by atoms with Crippen molar-refractivity contribution in [3.05, 3.63) is 84.8 Å². The van der Waals surface area contributed by atoms with Crippen molar-refractivity contribution in [2.45, 2.75) is 12.5 Å². The van der Waals surface area contributed by atoms with E-state index in [1.54, 1.807) is 4.68 Å². The Morgan fingerprint density at radius 3 is 2.59 bits per heavy atom. The molecule has 2 aromatic carbocycles. The van der Waals surface area contributed by atoms with Gasteiger partial charge in [0, 0.05) is 44.0 Å². The molecule has 32 heavy (non-hydrogen) atoms. The van der Waals surface area contributed by atoms with Crippen molar-refractivity contribution in [1.29, 1.82) is 0 Å². The number of fused-ring (bicyclic) bond motifs is 1. The molecule has 1 aliphatic heterocycles. The molecule has 1 aliphatic rings. The molecule has 0 radical (unpaired) electrons. The summed E-state index contributed by atoms with van der Waals surface area (Å²) in [6.45, 7) is 2.93. The van der Waals surface area contributed by atoms with Gasteiger partial charge in [-0.1, -0.05) is 36.4 Å². The minimum atomic E-state index is -0.872. The zero-order valence-corrected chi connectivity index (χ0v) is 17.7. The number of hydrogen-bond donors (Lipinski definition) is 1. The minimum Gasteiger partial charge on any atom is -0.480 e. The molecule has 0 bridgehead atoms. The Bertz CT molecular complexity index is 1220. The maximum absolute atomic E-state index is 12.3. The number of aliphatic carboxylic acids is 1. The van der Waals surface area contributed by atoms with Crippen LogP contribution >= 0.6 is 0 Å². The van der Waals surface area contributed by atoms with Crippen molar-refractivity contribution in [3.8, 4) is 5.69 Å². The van der Waals surface area contributed by atoms with E-state index in [2.05, 4.69) is 39.2 Å². The molecular formula is C25H25N5O2. The summed E-state index contributed by atoms with van der Waals surface area (Å²) in [4.78, 5) is 21.2. The Kier molecular flexibility index (Phi) is 5.56. The summed E-state index contributed by atoms with van der Waals surface area (Å²) in [6.07, 6.45) is 4.51. The lowest BCUT2D eigenvalue weighted by molar-refractivity contribution is -0.143. The van der Waals surface area contributed by atoms with E-state index in [1.807, 2.05) is 59.8 Å². The van der Waals surface area contributed by atoms with E-state index in [9.17, 15) is 9.90 Å². The first kappa shape index (κ1) is 20.2. The molecule has 0 spiro atoms. The standard InChI is InChI=1S/C25H25N5O2/c31-25(32)24(21-12-16-30(27-21)20-9-2-1-3-10-20)29-15-6-14-28(17-18-29)22-11-4-7-19-8-5-13-26-23(19)22/h1-5,7-13,16,24H,6,14-15,17-18H2,(H,31,32). The summed E-state index contributed by atoms with van der Waals surface area (Å²) in [7, 11) is 0. The van der Waals surface area contributed by atoms with E-state index in [1.165, 1.54) is 0 Å². The molecule has 0 saturated carbocycles. The number of carboxylic acid groups (broad SMARTS) is 1. The molecular weight excluding hydrogens is 402 g/mol. The highest BCUT2D eigenvalue weighted by molar-refractivity contribution is 5.90. The third-order valence-electron chi connectivity index (χ3n) is 5.99. The van der Waals surface area contributed by atoms with Gasteiger partial charge in [0.05, 0.1) is 22.6 Å². The van der Waals surface area contributed by atoms with Crippen molar-refractivity contribution >= 4 is 22.6 Å². The van der Waals surface area contributed by atoms with Crippen molar-refractivity contribution in [3.63, 3.8) is 0 Å². The Balaban J connectivity index is 1.37. The molecule has 7 nitrogen and oxygen atoms in total. The van der Waals surface area contributed by atoms with Crippen molar-refractivity contribution in [1.82, 2.24) is 19.7 Å². The maximum Gasteiger partial charge on any atom is 0.327 e. The summed E-state index contributed by atoms with van der Waals surface area (Å²) in [5.41, 5.74) is 3.56. The van der Waals surface area contributed by atoms with Gasteiger partial charge in [0.15, 0.2) is 6.04 Å². The van der Waals surface area contributed by atoms with Crippen LogP contribution in [0, 0.1) is 0 Å². The molecule has 3 heterocycles. The van der Waals surface area contributed by atoms with Crippen LogP contribution in [-0.4, -0.2) is 56.9 Å². The van der Waals surface area contributed by atoms with Crippen LogP contribution in [0.3, 0.4) is 0 Å². The number of carboxylic acids is 1. The van der Waals surface area contributed by atoms with Gasteiger partial charge in [0.25, 0.3) is 0 Å². The highest BCUT2D eigenvalue weighted by Gasteiger charge is 2.31. The van der Waals surface area contributed by atoms with E-state index in [4.69, 9.17) is 0 Å². The smallest absolute Gasteiger partial charge is 0.327 e. The fraction of sp³-hybridized carbons (Fsp3) is 0.240. The zero-order chi connectivity index (χ0) is 21.9.